The summed E-state index contributed by atoms with van der Waals surface area (Å²) in [4.78, 5) is 0. The van der Waals surface area contributed by atoms with Gasteiger partial charge in [0.15, 0.2) is 0 Å². The number of nitrogens with one attached hydrogen (secondary N) is 1. The molecule has 1 atom stereocenters. The van der Waals surface area contributed by atoms with Crippen molar-refractivity contribution in [3.05, 3.63) is 64.1 Å². The van der Waals surface area contributed by atoms with Crippen molar-refractivity contribution >= 4 is 21.6 Å². The zero-order chi connectivity index (χ0) is 13.7. The van der Waals surface area contributed by atoms with Crippen LogP contribution in [0.15, 0.2) is 53.0 Å². The van der Waals surface area contributed by atoms with Crippen LogP contribution in [-0.2, 0) is 0 Å². The molecule has 2 rings (SSSR count). The van der Waals surface area contributed by atoms with Gasteiger partial charge in [0.2, 0.25) is 0 Å². The second-order valence-electron chi connectivity index (χ2n) is 5.01. The SMILES string of the molecule is Cc1ccc(Br)c(NCCC(C)c2ccccc2)c1. The standard InChI is InChI=1S/C17H20BrN/c1-13-8-9-16(18)17(12-13)19-11-10-14(2)15-6-4-3-5-7-15/h3-9,12,14,19H,10-11H2,1-2H3. The minimum atomic E-state index is 0.581. The molecule has 0 fully saturated rings. The largest absolute Gasteiger partial charge is 0.384 e. The van der Waals surface area contributed by atoms with Crippen molar-refractivity contribution in [1.29, 1.82) is 0 Å². The van der Waals surface area contributed by atoms with E-state index in [2.05, 4.69) is 83.6 Å². The molecule has 100 valence electrons. The highest BCUT2D eigenvalue weighted by molar-refractivity contribution is 9.10. The van der Waals surface area contributed by atoms with E-state index < -0.39 is 0 Å². The smallest absolute Gasteiger partial charge is 0.0487 e. The Kier molecular flexibility index (Phi) is 5.03. The fourth-order valence-corrected chi connectivity index (χ4v) is 2.53. The van der Waals surface area contributed by atoms with Gasteiger partial charge in [-0.15, -0.1) is 0 Å². The van der Waals surface area contributed by atoms with Crippen molar-refractivity contribution in [2.24, 2.45) is 0 Å². The van der Waals surface area contributed by atoms with E-state index in [1.54, 1.807) is 0 Å². The zero-order valence-corrected chi connectivity index (χ0v) is 13.1. The second-order valence-corrected chi connectivity index (χ2v) is 5.86. The van der Waals surface area contributed by atoms with Crippen molar-refractivity contribution in [3.63, 3.8) is 0 Å². The molecular formula is C17H20BrN. The Hall–Kier alpha value is -1.28. The van der Waals surface area contributed by atoms with Gasteiger partial charge in [-0.3, -0.25) is 0 Å². The maximum Gasteiger partial charge on any atom is 0.0487 e. The van der Waals surface area contributed by atoms with E-state index in [9.17, 15) is 0 Å². The van der Waals surface area contributed by atoms with Crippen LogP contribution < -0.4 is 5.32 Å². The van der Waals surface area contributed by atoms with Gasteiger partial charge in [0.05, 0.1) is 0 Å². The van der Waals surface area contributed by atoms with Gasteiger partial charge in [0.25, 0.3) is 0 Å². The molecule has 0 spiro atoms. The summed E-state index contributed by atoms with van der Waals surface area (Å²) < 4.78 is 1.13. The van der Waals surface area contributed by atoms with Gasteiger partial charge in [0, 0.05) is 16.7 Å². The molecule has 0 bridgehead atoms. The first-order valence-electron chi connectivity index (χ1n) is 6.72. The van der Waals surface area contributed by atoms with E-state index in [0.29, 0.717) is 5.92 Å². The number of hydrogen-bond donors (Lipinski definition) is 1. The lowest BCUT2D eigenvalue weighted by atomic mass is 9.98. The lowest BCUT2D eigenvalue weighted by Crippen LogP contribution is -2.06. The van der Waals surface area contributed by atoms with Gasteiger partial charge in [0.1, 0.15) is 0 Å². The molecule has 1 N–H and O–H groups in total. The van der Waals surface area contributed by atoms with Gasteiger partial charge >= 0.3 is 0 Å². The molecule has 2 aromatic carbocycles. The summed E-state index contributed by atoms with van der Waals surface area (Å²) in [6.45, 7) is 5.38. The number of benzene rings is 2. The molecule has 0 heterocycles. The summed E-state index contributed by atoms with van der Waals surface area (Å²) in [5.41, 5.74) is 3.87. The Morgan fingerprint density at radius 1 is 1.11 bits per heavy atom. The van der Waals surface area contributed by atoms with Crippen LogP contribution in [0.2, 0.25) is 0 Å². The highest BCUT2D eigenvalue weighted by Gasteiger charge is 2.05. The van der Waals surface area contributed by atoms with Gasteiger partial charge in [-0.05, 0) is 58.5 Å². The van der Waals surface area contributed by atoms with Crippen LogP contribution in [0.4, 0.5) is 5.69 Å². The second kappa shape index (κ2) is 6.76. The number of aryl methyl sites for hydroxylation is 1. The van der Waals surface area contributed by atoms with Crippen molar-refractivity contribution in [2.75, 3.05) is 11.9 Å². The van der Waals surface area contributed by atoms with Gasteiger partial charge in [-0.1, -0.05) is 43.3 Å². The molecule has 1 nitrogen and oxygen atoms in total. The van der Waals surface area contributed by atoms with Crippen molar-refractivity contribution in [2.45, 2.75) is 26.2 Å². The maximum atomic E-state index is 3.58. The van der Waals surface area contributed by atoms with Crippen LogP contribution in [-0.4, -0.2) is 6.54 Å². The predicted molar refractivity (Wildman–Crippen MR) is 86.8 cm³/mol. The first-order valence-corrected chi connectivity index (χ1v) is 7.51. The van der Waals surface area contributed by atoms with E-state index in [1.807, 2.05) is 0 Å². The molecule has 0 aliphatic carbocycles. The number of halogens is 1. The monoisotopic (exact) mass is 317 g/mol. The minimum absolute atomic E-state index is 0.581. The van der Waals surface area contributed by atoms with Crippen LogP contribution in [0, 0.1) is 6.92 Å². The summed E-state index contributed by atoms with van der Waals surface area (Å²) in [6, 6.07) is 17.1. The van der Waals surface area contributed by atoms with Crippen molar-refractivity contribution < 1.29 is 0 Å². The third-order valence-corrected chi connectivity index (χ3v) is 4.07. The Balaban J connectivity index is 1.88. The van der Waals surface area contributed by atoms with Crippen LogP contribution in [0.3, 0.4) is 0 Å². The van der Waals surface area contributed by atoms with E-state index in [4.69, 9.17) is 0 Å². The summed E-state index contributed by atoms with van der Waals surface area (Å²) in [5, 5.41) is 3.51. The molecule has 0 aliphatic heterocycles. The molecule has 2 aromatic rings. The lowest BCUT2D eigenvalue weighted by molar-refractivity contribution is 0.706. The molecule has 1 unspecified atom stereocenters. The fraction of sp³-hybridized carbons (Fsp3) is 0.294. The summed E-state index contributed by atoms with van der Waals surface area (Å²) in [5.74, 6) is 0.581. The molecule has 0 aliphatic rings. The topological polar surface area (TPSA) is 12.0 Å². The minimum Gasteiger partial charge on any atom is -0.384 e. The predicted octanol–water partition coefficient (Wildman–Crippen LogP) is 5.36. The first kappa shape index (κ1) is 14.1. The lowest BCUT2D eigenvalue weighted by Gasteiger charge is -2.14. The van der Waals surface area contributed by atoms with E-state index in [1.165, 1.54) is 16.8 Å². The molecule has 0 saturated carbocycles. The van der Waals surface area contributed by atoms with Crippen LogP contribution >= 0.6 is 15.9 Å². The van der Waals surface area contributed by atoms with E-state index in [-0.39, 0.29) is 0 Å². The zero-order valence-electron chi connectivity index (χ0n) is 11.5. The molecule has 0 amide bonds. The Morgan fingerprint density at radius 3 is 2.58 bits per heavy atom. The van der Waals surface area contributed by atoms with Crippen LogP contribution in [0.25, 0.3) is 0 Å². The Bertz CT molecular complexity index is 522. The third-order valence-electron chi connectivity index (χ3n) is 3.38. The number of anilines is 1. The van der Waals surface area contributed by atoms with Crippen LogP contribution in [0.1, 0.15) is 30.4 Å². The number of rotatable bonds is 5. The normalized spacial score (nSPS) is 12.2. The third kappa shape index (κ3) is 4.10. The number of hydrogen-bond acceptors (Lipinski definition) is 1. The van der Waals surface area contributed by atoms with E-state index in [0.717, 1.165) is 17.4 Å². The van der Waals surface area contributed by atoms with Crippen molar-refractivity contribution in [3.8, 4) is 0 Å². The van der Waals surface area contributed by atoms with Crippen molar-refractivity contribution in [1.82, 2.24) is 0 Å². The first-order chi connectivity index (χ1) is 9.16. The fourth-order valence-electron chi connectivity index (χ4n) is 2.15. The van der Waals surface area contributed by atoms with Gasteiger partial charge in [-0.2, -0.15) is 0 Å². The Labute approximate surface area is 124 Å². The average molecular weight is 318 g/mol. The van der Waals surface area contributed by atoms with Gasteiger partial charge in [-0.25, -0.2) is 0 Å². The summed E-state index contributed by atoms with van der Waals surface area (Å²) in [7, 11) is 0. The molecular weight excluding hydrogens is 298 g/mol. The molecule has 0 aromatic heterocycles. The molecule has 0 radical (unpaired) electrons. The molecule has 0 saturated heterocycles. The highest BCUT2D eigenvalue weighted by Crippen LogP contribution is 2.24. The maximum absolute atomic E-state index is 3.58. The highest BCUT2D eigenvalue weighted by atomic mass is 79.9. The molecule has 19 heavy (non-hydrogen) atoms. The van der Waals surface area contributed by atoms with Gasteiger partial charge < -0.3 is 5.32 Å². The average Bonchev–Trinajstić information content (AvgIpc) is 2.43. The summed E-state index contributed by atoms with van der Waals surface area (Å²) >= 11 is 3.58. The Morgan fingerprint density at radius 2 is 1.84 bits per heavy atom. The van der Waals surface area contributed by atoms with Crippen LogP contribution in [0.5, 0.6) is 0 Å². The van der Waals surface area contributed by atoms with E-state index >= 15 is 0 Å². The quantitative estimate of drug-likeness (QED) is 0.782. The summed E-state index contributed by atoms with van der Waals surface area (Å²) in [6.07, 6.45) is 1.13. The molecule has 2 heteroatoms.